The minimum absolute atomic E-state index is 0.363. The molecule has 0 aliphatic heterocycles. The van der Waals surface area contributed by atoms with Crippen molar-refractivity contribution in [3.8, 4) is 0 Å². The van der Waals surface area contributed by atoms with E-state index >= 15 is 0 Å². The normalized spacial score (nSPS) is 10.1. The Morgan fingerprint density at radius 3 is 3.00 bits per heavy atom. The van der Waals surface area contributed by atoms with E-state index in [2.05, 4.69) is 20.8 Å². The predicted octanol–water partition coefficient (Wildman–Crippen LogP) is 0.782. The van der Waals surface area contributed by atoms with Crippen LogP contribution in [0.3, 0.4) is 0 Å². The van der Waals surface area contributed by atoms with E-state index in [1.54, 1.807) is 6.20 Å². The molecule has 5 heteroatoms. The summed E-state index contributed by atoms with van der Waals surface area (Å²) in [5.41, 5.74) is 1.02. The summed E-state index contributed by atoms with van der Waals surface area (Å²) in [4.78, 5) is 0. The van der Waals surface area contributed by atoms with Gasteiger partial charge in [0.15, 0.2) is 5.11 Å². The molecule has 0 aliphatic carbocycles. The lowest BCUT2D eigenvalue weighted by atomic mass is 10.4. The predicted molar refractivity (Wildman–Crippen MR) is 56.3 cm³/mol. The van der Waals surface area contributed by atoms with Gasteiger partial charge in [-0.3, -0.25) is 5.10 Å². The van der Waals surface area contributed by atoms with Crippen molar-refractivity contribution in [3.63, 3.8) is 0 Å². The van der Waals surface area contributed by atoms with E-state index in [9.17, 15) is 0 Å². The first-order valence-electron chi connectivity index (χ1n) is 4.21. The largest absolute Gasteiger partial charge is 0.361 e. The van der Waals surface area contributed by atoms with Crippen LogP contribution in [0.15, 0.2) is 12.3 Å². The molecule has 0 saturated heterocycles. The van der Waals surface area contributed by atoms with E-state index in [0.717, 1.165) is 5.69 Å². The molecule has 0 spiro atoms. The van der Waals surface area contributed by atoms with Crippen molar-refractivity contribution in [2.75, 3.05) is 0 Å². The minimum Gasteiger partial charge on any atom is -0.361 e. The SMILES string of the molecule is CC(C)NC(=S)NCc1ccn[nH]1. The van der Waals surface area contributed by atoms with Crippen molar-refractivity contribution in [3.05, 3.63) is 18.0 Å². The molecule has 0 aromatic carbocycles. The van der Waals surface area contributed by atoms with Gasteiger partial charge in [-0.05, 0) is 32.1 Å². The zero-order valence-electron chi connectivity index (χ0n) is 7.79. The van der Waals surface area contributed by atoms with E-state index in [4.69, 9.17) is 12.2 Å². The number of aromatic amines is 1. The van der Waals surface area contributed by atoms with Crippen LogP contribution in [0.5, 0.6) is 0 Å². The van der Waals surface area contributed by atoms with Crippen molar-refractivity contribution in [2.45, 2.75) is 26.4 Å². The Morgan fingerprint density at radius 1 is 1.69 bits per heavy atom. The van der Waals surface area contributed by atoms with Gasteiger partial charge < -0.3 is 10.6 Å². The molecule has 0 radical (unpaired) electrons. The zero-order valence-corrected chi connectivity index (χ0v) is 8.61. The standard InChI is InChI=1S/C8H14N4S/c1-6(2)11-8(13)9-5-7-3-4-10-12-7/h3-4,6H,5H2,1-2H3,(H,10,12)(H2,9,11,13). The second-order valence-corrected chi connectivity index (χ2v) is 3.47. The first-order valence-corrected chi connectivity index (χ1v) is 4.62. The first-order chi connectivity index (χ1) is 6.18. The minimum atomic E-state index is 0.363. The number of hydrogen-bond acceptors (Lipinski definition) is 2. The highest BCUT2D eigenvalue weighted by atomic mass is 32.1. The fraction of sp³-hybridized carbons (Fsp3) is 0.500. The second-order valence-electron chi connectivity index (χ2n) is 3.06. The van der Waals surface area contributed by atoms with E-state index in [0.29, 0.717) is 17.7 Å². The van der Waals surface area contributed by atoms with Gasteiger partial charge in [0.2, 0.25) is 0 Å². The van der Waals surface area contributed by atoms with E-state index in [1.807, 2.05) is 19.9 Å². The van der Waals surface area contributed by atoms with Crippen molar-refractivity contribution in [2.24, 2.45) is 0 Å². The monoisotopic (exact) mass is 198 g/mol. The Labute approximate surface area is 83.1 Å². The zero-order chi connectivity index (χ0) is 9.68. The van der Waals surface area contributed by atoms with Crippen LogP contribution in [-0.2, 0) is 6.54 Å². The Morgan fingerprint density at radius 2 is 2.46 bits per heavy atom. The Balaban J connectivity index is 2.23. The summed E-state index contributed by atoms with van der Waals surface area (Å²) < 4.78 is 0. The molecule has 0 saturated carbocycles. The number of thiocarbonyl (C=S) groups is 1. The summed E-state index contributed by atoms with van der Waals surface area (Å²) in [6.07, 6.45) is 1.72. The molecule has 0 atom stereocenters. The Bertz CT molecular complexity index is 255. The second kappa shape index (κ2) is 4.81. The summed E-state index contributed by atoms with van der Waals surface area (Å²) in [5, 5.41) is 13.5. The smallest absolute Gasteiger partial charge is 0.166 e. The summed E-state index contributed by atoms with van der Waals surface area (Å²) in [6, 6.07) is 2.27. The van der Waals surface area contributed by atoms with E-state index in [1.165, 1.54) is 0 Å². The molecular formula is C8H14N4S. The van der Waals surface area contributed by atoms with Crippen molar-refractivity contribution >= 4 is 17.3 Å². The molecular weight excluding hydrogens is 184 g/mol. The number of aromatic nitrogens is 2. The highest BCUT2D eigenvalue weighted by molar-refractivity contribution is 7.80. The van der Waals surface area contributed by atoms with Gasteiger partial charge in [0.1, 0.15) is 0 Å². The average molecular weight is 198 g/mol. The highest BCUT2D eigenvalue weighted by Gasteiger charge is 1.98. The van der Waals surface area contributed by atoms with Crippen LogP contribution >= 0.6 is 12.2 Å². The molecule has 1 heterocycles. The molecule has 0 unspecified atom stereocenters. The number of nitrogens with zero attached hydrogens (tertiary/aromatic N) is 1. The van der Waals surface area contributed by atoms with Crippen molar-refractivity contribution in [1.82, 2.24) is 20.8 Å². The topological polar surface area (TPSA) is 52.7 Å². The van der Waals surface area contributed by atoms with Gasteiger partial charge in [-0.15, -0.1) is 0 Å². The maximum absolute atomic E-state index is 5.05. The Kier molecular flexibility index (Phi) is 3.70. The van der Waals surface area contributed by atoms with Crippen LogP contribution in [0, 0.1) is 0 Å². The maximum Gasteiger partial charge on any atom is 0.166 e. The summed E-state index contributed by atoms with van der Waals surface area (Å²) in [7, 11) is 0. The quantitative estimate of drug-likeness (QED) is 0.628. The first kappa shape index (κ1) is 9.98. The average Bonchev–Trinajstić information content (AvgIpc) is 2.51. The highest BCUT2D eigenvalue weighted by Crippen LogP contribution is 1.89. The fourth-order valence-electron chi connectivity index (χ4n) is 0.872. The molecule has 4 nitrogen and oxygen atoms in total. The summed E-state index contributed by atoms with van der Waals surface area (Å²) in [6.45, 7) is 4.77. The van der Waals surface area contributed by atoms with Gasteiger partial charge in [0.25, 0.3) is 0 Å². The van der Waals surface area contributed by atoms with Gasteiger partial charge in [0, 0.05) is 12.2 Å². The van der Waals surface area contributed by atoms with Crippen LogP contribution in [0.25, 0.3) is 0 Å². The lowest BCUT2D eigenvalue weighted by Crippen LogP contribution is -2.38. The van der Waals surface area contributed by atoms with E-state index < -0.39 is 0 Å². The third-order valence-electron chi connectivity index (χ3n) is 1.42. The Hall–Kier alpha value is -1.10. The van der Waals surface area contributed by atoms with Gasteiger partial charge >= 0.3 is 0 Å². The van der Waals surface area contributed by atoms with Crippen molar-refractivity contribution < 1.29 is 0 Å². The molecule has 1 rings (SSSR count). The number of hydrogen-bond donors (Lipinski definition) is 3. The maximum atomic E-state index is 5.05. The molecule has 0 amide bonds. The van der Waals surface area contributed by atoms with Crippen LogP contribution in [0.2, 0.25) is 0 Å². The lowest BCUT2D eigenvalue weighted by Gasteiger charge is -2.11. The third kappa shape index (κ3) is 3.89. The molecule has 3 N–H and O–H groups in total. The van der Waals surface area contributed by atoms with Gasteiger partial charge in [-0.1, -0.05) is 0 Å². The summed E-state index contributed by atoms with van der Waals surface area (Å²) in [5.74, 6) is 0. The number of H-pyrrole nitrogens is 1. The summed E-state index contributed by atoms with van der Waals surface area (Å²) >= 11 is 5.05. The van der Waals surface area contributed by atoms with Crippen LogP contribution in [0.4, 0.5) is 0 Å². The van der Waals surface area contributed by atoms with Crippen LogP contribution in [0.1, 0.15) is 19.5 Å². The van der Waals surface area contributed by atoms with E-state index in [-0.39, 0.29) is 0 Å². The van der Waals surface area contributed by atoms with Crippen molar-refractivity contribution in [1.29, 1.82) is 0 Å². The molecule has 1 aromatic rings. The molecule has 0 fully saturated rings. The lowest BCUT2D eigenvalue weighted by molar-refractivity contribution is 0.709. The molecule has 1 aromatic heterocycles. The van der Waals surface area contributed by atoms with Gasteiger partial charge in [0.05, 0.1) is 12.2 Å². The molecule has 0 bridgehead atoms. The number of rotatable bonds is 3. The molecule has 0 aliphatic rings. The van der Waals surface area contributed by atoms with Crippen LogP contribution in [-0.4, -0.2) is 21.4 Å². The van der Waals surface area contributed by atoms with Crippen LogP contribution < -0.4 is 10.6 Å². The fourth-order valence-corrected chi connectivity index (χ4v) is 1.18. The van der Waals surface area contributed by atoms with Gasteiger partial charge in [-0.25, -0.2) is 0 Å². The third-order valence-corrected chi connectivity index (χ3v) is 1.68. The molecule has 13 heavy (non-hydrogen) atoms. The van der Waals surface area contributed by atoms with Gasteiger partial charge in [-0.2, -0.15) is 5.10 Å². The number of nitrogens with one attached hydrogen (secondary N) is 3. The molecule has 72 valence electrons.